The van der Waals surface area contributed by atoms with Crippen molar-refractivity contribution in [2.45, 2.75) is 0 Å². The molecule has 1 aromatic rings. The summed E-state index contributed by atoms with van der Waals surface area (Å²) in [6.07, 6.45) is 1.66. The van der Waals surface area contributed by atoms with Crippen LogP contribution in [0.3, 0.4) is 0 Å². The molecule has 6 heteroatoms. The van der Waals surface area contributed by atoms with Crippen LogP contribution in [0.4, 0.5) is 10.5 Å². The molecule has 3 amide bonds. The van der Waals surface area contributed by atoms with Gasteiger partial charge >= 0.3 is 6.03 Å². The third-order valence-electron chi connectivity index (χ3n) is 2.86. The predicted octanol–water partition coefficient (Wildman–Crippen LogP) is -0.0256. The van der Waals surface area contributed by atoms with E-state index < -0.39 is 6.03 Å². The number of primary amides is 1. The smallest absolute Gasteiger partial charge is 0.319 e. The number of amides is 3. The number of benzene rings is 1. The van der Waals surface area contributed by atoms with Crippen molar-refractivity contribution in [2.75, 3.05) is 11.4 Å². The number of hydrogen-bond donors (Lipinski definition) is 3. The molecule has 85 valence electrons. The van der Waals surface area contributed by atoms with E-state index in [2.05, 4.69) is 16.9 Å². The number of nitrogens with two attached hydrogens (primary N) is 1. The first-order valence-electron chi connectivity index (χ1n) is 5.05. The summed E-state index contributed by atoms with van der Waals surface area (Å²) in [5, 5.41) is 0. The Kier molecular flexibility index (Phi) is 1.85. The van der Waals surface area contributed by atoms with E-state index in [0.717, 1.165) is 11.1 Å². The molecule has 0 unspecified atom stereocenters. The standard InChI is InChI=1S/C11H9N4O2/c12-11(17)15-5-6-4-13-14-10(16)7-2-1-3-8(15)9(6)7/h2-4,13H,5H2,(H2,12,17)(H,14,16). The van der Waals surface area contributed by atoms with Crippen molar-refractivity contribution in [2.24, 2.45) is 5.73 Å². The highest BCUT2D eigenvalue weighted by molar-refractivity contribution is 6.09. The lowest BCUT2D eigenvalue weighted by Gasteiger charge is -2.14. The van der Waals surface area contributed by atoms with Crippen molar-refractivity contribution in [1.29, 1.82) is 0 Å². The molecule has 0 atom stereocenters. The van der Waals surface area contributed by atoms with Crippen LogP contribution in [-0.2, 0) is 0 Å². The lowest BCUT2D eigenvalue weighted by atomic mass is 10.0. The molecular weight excluding hydrogens is 220 g/mol. The first kappa shape index (κ1) is 9.71. The summed E-state index contributed by atoms with van der Waals surface area (Å²) in [6, 6.07) is 5.56. The average molecular weight is 229 g/mol. The van der Waals surface area contributed by atoms with Crippen molar-refractivity contribution in [3.05, 3.63) is 35.5 Å². The van der Waals surface area contributed by atoms with Gasteiger partial charge in [-0.2, -0.15) is 0 Å². The second-order valence-corrected chi connectivity index (χ2v) is 3.82. The monoisotopic (exact) mass is 229 g/mol. The van der Waals surface area contributed by atoms with Gasteiger partial charge in [-0.3, -0.25) is 15.1 Å². The summed E-state index contributed by atoms with van der Waals surface area (Å²) in [4.78, 5) is 24.5. The molecule has 3 rings (SSSR count). The summed E-state index contributed by atoms with van der Waals surface area (Å²) in [5.74, 6) is -0.254. The quantitative estimate of drug-likeness (QED) is 0.584. The average Bonchev–Trinajstić information content (AvgIpc) is 2.60. The third-order valence-corrected chi connectivity index (χ3v) is 2.86. The van der Waals surface area contributed by atoms with Crippen LogP contribution in [0.25, 0.3) is 5.57 Å². The summed E-state index contributed by atoms with van der Waals surface area (Å²) in [7, 11) is 0. The normalized spacial score (nSPS) is 16.6. The molecule has 0 fully saturated rings. The molecule has 2 aliphatic heterocycles. The Morgan fingerprint density at radius 2 is 2.29 bits per heavy atom. The highest BCUT2D eigenvalue weighted by Crippen LogP contribution is 2.37. The number of rotatable bonds is 0. The van der Waals surface area contributed by atoms with Crippen molar-refractivity contribution in [1.82, 2.24) is 10.9 Å². The molecule has 2 aliphatic rings. The summed E-state index contributed by atoms with van der Waals surface area (Å²) < 4.78 is 0. The van der Waals surface area contributed by atoms with Gasteiger partial charge in [-0.1, -0.05) is 0 Å². The molecule has 4 N–H and O–H groups in total. The van der Waals surface area contributed by atoms with Gasteiger partial charge in [0, 0.05) is 11.8 Å². The second-order valence-electron chi connectivity index (χ2n) is 3.82. The number of carbonyl (C=O) groups is 2. The second kappa shape index (κ2) is 3.24. The van der Waals surface area contributed by atoms with Crippen LogP contribution in [0, 0.1) is 6.07 Å². The lowest BCUT2D eigenvalue weighted by molar-refractivity contribution is 0.0942. The Balaban J connectivity index is 2.26. The van der Waals surface area contributed by atoms with E-state index >= 15 is 0 Å². The van der Waals surface area contributed by atoms with Crippen LogP contribution in [0.5, 0.6) is 0 Å². The van der Waals surface area contributed by atoms with Crippen LogP contribution < -0.4 is 21.5 Å². The number of hydrogen-bond acceptors (Lipinski definition) is 3. The Morgan fingerprint density at radius 3 is 3.06 bits per heavy atom. The minimum atomic E-state index is -0.541. The van der Waals surface area contributed by atoms with Crippen LogP contribution in [0.2, 0.25) is 0 Å². The summed E-state index contributed by atoms with van der Waals surface area (Å²) >= 11 is 0. The fraction of sp³-hybridized carbons (Fsp3) is 0.0909. The molecule has 0 aliphatic carbocycles. The van der Waals surface area contributed by atoms with E-state index in [9.17, 15) is 9.59 Å². The fourth-order valence-corrected chi connectivity index (χ4v) is 2.12. The molecule has 0 aromatic heterocycles. The zero-order valence-corrected chi connectivity index (χ0v) is 8.78. The number of nitrogens with one attached hydrogen (secondary N) is 2. The zero-order valence-electron chi connectivity index (χ0n) is 8.78. The topological polar surface area (TPSA) is 87.5 Å². The van der Waals surface area contributed by atoms with Gasteiger partial charge < -0.3 is 11.2 Å². The highest BCUT2D eigenvalue weighted by atomic mass is 16.2. The van der Waals surface area contributed by atoms with Gasteiger partial charge in [0.2, 0.25) is 0 Å². The molecule has 1 radical (unpaired) electrons. The number of urea groups is 1. The molecule has 0 spiro atoms. The van der Waals surface area contributed by atoms with Crippen molar-refractivity contribution < 1.29 is 9.59 Å². The molecule has 1 aromatic carbocycles. The highest BCUT2D eigenvalue weighted by Gasteiger charge is 2.32. The van der Waals surface area contributed by atoms with E-state index in [1.165, 1.54) is 4.90 Å². The number of nitrogens with zero attached hydrogens (tertiary/aromatic N) is 1. The van der Waals surface area contributed by atoms with E-state index in [-0.39, 0.29) is 5.91 Å². The van der Waals surface area contributed by atoms with Crippen LogP contribution in [0.15, 0.2) is 18.3 Å². The number of carbonyl (C=O) groups excluding carboxylic acids is 2. The van der Waals surface area contributed by atoms with Crippen molar-refractivity contribution >= 4 is 23.2 Å². The van der Waals surface area contributed by atoms with E-state index in [1.807, 2.05) is 0 Å². The van der Waals surface area contributed by atoms with Crippen LogP contribution in [-0.4, -0.2) is 18.5 Å². The molecule has 0 bridgehead atoms. The zero-order chi connectivity index (χ0) is 12.0. The molecule has 0 saturated carbocycles. The number of hydrazine groups is 1. The maximum Gasteiger partial charge on any atom is 0.319 e. The van der Waals surface area contributed by atoms with E-state index in [0.29, 0.717) is 17.8 Å². The maximum atomic E-state index is 11.7. The fourth-order valence-electron chi connectivity index (χ4n) is 2.12. The van der Waals surface area contributed by atoms with Gasteiger partial charge in [0.25, 0.3) is 5.91 Å². The van der Waals surface area contributed by atoms with Crippen LogP contribution >= 0.6 is 0 Å². The first-order chi connectivity index (χ1) is 8.18. The van der Waals surface area contributed by atoms with Gasteiger partial charge in [0.05, 0.1) is 17.8 Å². The first-order valence-corrected chi connectivity index (χ1v) is 5.05. The van der Waals surface area contributed by atoms with Crippen LogP contribution in [0.1, 0.15) is 15.9 Å². The molecular formula is C11H9N4O2. The minimum absolute atomic E-state index is 0.254. The summed E-state index contributed by atoms with van der Waals surface area (Å²) in [5.41, 5.74) is 13.2. The van der Waals surface area contributed by atoms with Gasteiger partial charge in [0.1, 0.15) is 0 Å². The van der Waals surface area contributed by atoms with E-state index in [1.54, 1.807) is 18.3 Å². The summed E-state index contributed by atoms with van der Waals surface area (Å²) in [6.45, 7) is 0.359. The lowest BCUT2D eigenvalue weighted by Crippen LogP contribution is -2.35. The molecule has 0 saturated heterocycles. The maximum absolute atomic E-state index is 11.7. The van der Waals surface area contributed by atoms with Gasteiger partial charge in [-0.25, -0.2) is 4.79 Å². The Bertz CT molecular complexity index is 565. The van der Waals surface area contributed by atoms with E-state index in [4.69, 9.17) is 5.73 Å². The largest absolute Gasteiger partial charge is 0.351 e. The third kappa shape index (κ3) is 1.27. The minimum Gasteiger partial charge on any atom is -0.351 e. The Labute approximate surface area is 97.0 Å². The van der Waals surface area contributed by atoms with Crippen molar-refractivity contribution in [3.8, 4) is 0 Å². The van der Waals surface area contributed by atoms with Gasteiger partial charge in [-0.15, -0.1) is 0 Å². The Hall–Kier alpha value is -2.50. The molecule has 6 nitrogen and oxygen atoms in total. The van der Waals surface area contributed by atoms with Gasteiger partial charge in [0.15, 0.2) is 0 Å². The predicted molar refractivity (Wildman–Crippen MR) is 60.8 cm³/mol. The van der Waals surface area contributed by atoms with Gasteiger partial charge in [-0.05, 0) is 23.8 Å². The molecule has 17 heavy (non-hydrogen) atoms. The Morgan fingerprint density at radius 1 is 1.47 bits per heavy atom. The number of anilines is 1. The molecule has 2 heterocycles. The van der Waals surface area contributed by atoms with Crippen molar-refractivity contribution in [3.63, 3.8) is 0 Å². The SMILES string of the molecule is NC(=O)N1CC2=CNNC(=O)c3c[c]cc1c32.